The third kappa shape index (κ3) is 1.65. The molecule has 0 spiro atoms. The number of nitrogens with two attached hydrogens (primary N) is 1. The normalized spacial score (nSPS) is 11.0. The average Bonchev–Trinajstić information content (AvgIpc) is 2.77. The first-order valence-electron chi connectivity index (χ1n) is 5.72. The lowest BCUT2D eigenvalue weighted by atomic mass is 10.2. The summed E-state index contributed by atoms with van der Waals surface area (Å²) in [5.74, 6) is 0.883. The molecule has 5 nitrogen and oxygen atoms in total. The number of hydrogen-bond donors (Lipinski definition) is 1. The van der Waals surface area contributed by atoms with Crippen LogP contribution in [0.4, 0.5) is 0 Å². The Labute approximate surface area is 104 Å². The number of rotatable bonds is 2. The quantitative estimate of drug-likeness (QED) is 0.735. The van der Waals surface area contributed by atoms with Gasteiger partial charge in [0.05, 0.1) is 23.4 Å². The number of aromatic nitrogens is 4. The van der Waals surface area contributed by atoms with E-state index in [9.17, 15) is 0 Å². The molecule has 18 heavy (non-hydrogen) atoms. The van der Waals surface area contributed by atoms with E-state index in [0.717, 1.165) is 28.0 Å². The van der Waals surface area contributed by atoms with Crippen molar-refractivity contribution in [3.63, 3.8) is 0 Å². The number of hydrogen-bond acceptors (Lipinski definition) is 4. The first-order valence-corrected chi connectivity index (χ1v) is 5.72. The lowest BCUT2D eigenvalue weighted by Crippen LogP contribution is -1.97. The molecule has 3 aromatic rings. The van der Waals surface area contributed by atoms with Crippen LogP contribution in [0.2, 0.25) is 0 Å². The van der Waals surface area contributed by atoms with Crippen molar-refractivity contribution in [3.05, 3.63) is 42.2 Å². The van der Waals surface area contributed by atoms with Crippen LogP contribution in [0.25, 0.3) is 22.4 Å². The molecule has 0 atom stereocenters. The average molecular weight is 239 g/mol. The number of imidazole rings is 1. The zero-order valence-electron chi connectivity index (χ0n) is 10.0. The van der Waals surface area contributed by atoms with Crippen LogP contribution in [0, 0.1) is 0 Å². The Hall–Kier alpha value is -2.27. The maximum atomic E-state index is 5.66. The number of fused-ring (bicyclic) bond motifs is 1. The van der Waals surface area contributed by atoms with Gasteiger partial charge in [-0.25, -0.2) is 4.98 Å². The highest BCUT2D eigenvalue weighted by Gasteiger charge is 2.10. The Morgan fingerprint density at radius 3 is 2.83 bits per heavy atom. The van der Waals surface area contributed by atoms with Gasteiger partial charge in [0.2, 0.25) is 0 Å². The molecule has 0 aliphatic rings. The third-order valence-electron chi connectivity index (χ3n) is 3.02. The SMILES string of the molecule is Cn1c(-c2ccnnc2)nc2ccc(CN)cc21. The van der Waals surface area contributed by atoms with Crippen LogP contribution in [-0.4, -0.2) is 19.7 Å². The molecule has 0 saturated carbocycles. The highest BCUT2D eigenvalue weighted by Crippen LogP contribution is 2.23. The van der Waals surface area contributed by atoms with Crippen molar-refractivity contribution >= 4 is 11.0 Å². The van der Waals surface area contributed by atoms with E-state index in [1.165, 1.54) is 0 Å². The molecule has 2 N–H and O–H groups in total. The molecule has 0 saturated heterocycles. The monoisotopic (exact) mass is 239 g/mol. The number of nitrogens with zero attached hydrogens (tertiary/aromatic N) is 4. The van der Waals surface area contributed by atoms with Crippen LogP contribution < -0.4 is 5.73 Å². The van der Waals surface area contributed by atoms with E-state index in [4.69, 9.17) is 5.73 Å². The molecule has 2 heterocycles. The molecular weight excluding hydrogens is 226 g/mol. The van der Waals surface area contributed by atoms with Gasteiger partial charge in [0, 0.05) is 19.2 Å². The van der Waals surface area contributed by atoms with Gasteiger partial charge in [-0.3, -0.25) is 0 Å². The topological polar surface area (TPSA) is 69.6 Å². The molecule has 0 unspecified atom stereocenters. The summed E-state index contributed by atoms with van der Waals surface area (Å²) in [5.41, 5.74) is 9.75. The molecule has 0 fully saturated rings. The largest absolute Gasteiger partial charge is 0.327 e. The zero-order valence-corrected chi connectivity index (χ0v) is 10.0. The Morgan fingerprint density at radius 2 is 2.11 bits per heavy atom. The van der Waals surface area contributed by atoms with E-state index in [1.54, 1.807) is 12.4 Å². The fraction of sp³-hybridized carbons (Fsp3) is 0.154. The smallest absolute Gasteiger partial charge is 0.142 e. The minimum absolute atomic E-state index is 0.535. The van der Waals surface area contributed by atoms with E-state index >= 15 is 0 Å². The molecule has 2 aromatic heterocycles. The summed E-state index contributed by atoms with van der Waals surface area (Å²) in [4.78, 5) is 4.61. The Balaban J connectivity index is 2.23. The fourth-order valence-corrected chi connectivity index (χ4v) is 2.04. The highest BCUT2D eigenvalue weighted by atomic mass is 15.1. The molecule has 0 radical (unpaired) electrons. The van der Waals surface area contributed by atoms with E-state index < -0.39 is 0 Å². The molecular formula is C13H13N5. The van der Waals surface area contributed by atoms with E-state index in [0.29, 0.717) is 6.54 Å². The number of aryl methyl sites for hydroxylation is 1. The summed E-state index contributed by atoms with van der Waals surface area (Å²) >= 11 is 0. The summed E-state index contributed by atoms with van der Waals surface area (Å²) < 4.78 is 2.05. The van der Waals surface area contributed by atoms with Gasteiger partial charge < -0.3 is 10.3 Å². The zero-order chi connectivity index (χ0) is 12.5. The summed E-state index contributed by atoms with van der Waals surface area (Å²) in [6.07, 6.45) is 3.38. The summed E-state index contributed by atoms with van der Waals surface area (Å²) in [6, 6.07) is 7.97. The second kappa shape index (κ2) is 4.19. The first-order chi connectivity index (χ1) is 8.79. The van der Waals surface area contributed by atoms with Crippen molar-refractivity contribution in [1.82, 2.24) is 19.7 Å². The Morgan fingerprint density at radius 1 is 1.22 bits per heavy atom. The molecule has 90 valence electrons. The molecule has 0 aliphatic carbocycles. The standard InChI is InChI=1S/C13H13N5/c1-18-12-6-9(7-14)2-3-11(12)17-13(18)10-4-5-15-16-8-10/h2-6,8H,7,14H2,1H3. The lowest BCUT2D eigenvalue weighted by Gasteiger charge is -2.02. The van der Waals surface area contributed by atoms with Gasteiger partial charge >= 0.3 is 0 Å². The van der Waals surface area contributed by atoms with Gasteiger partial charge in [-0.2, -0.15) is 10.2 Å². The van der Waals surface area contributed by atoms with Crippen molar-refractivity contribution < 1.29 is 0 Å². The van der Waals surface area contributed by atoms with E-state index in [1.807, 2.05) is 29.8 Å². The van der Waals surface area contributed by atoms with Crippen LogP contribution in [0.1, 0.15) is 5.56 Å². The second-order valence-corrected chi connectivity index (χ2v) is 4.15. The summed E-state index contributed by atoms with van der Waals surface area (Å²) in [7, 11) is 1.99. The maximum absolute atomic E-state index is 5.66. The molecule has 1 aromatic carbocycles. The highest BCUT2D eigenvalue weighted by molar-refractivity contribution is 5.81. The van der Waals surface area contributed by atoms with Crippen molar-refractivity contribution in [2.24, 2.45) is 12.8 Å². The lowest BCUT2D eigenvalue weighted by molar-refractivity contribution is 0.946. The van der Waals surface area contributed by atoms with Crippen LogP contribution >= 0.6 is 0 Å². The molecule has 0 aliphatic heterocycles. The summed E-state index contributed by atoms with van der Waals surface area (Å²) in [5, 5.41) is 7.66. The second-order valence-electron chi connectivity index (χ2n) is 4.15. The predicted molar refractivity (Wildman–Crippen MR) is 69.6 cm³/mol. The maximum Gasteiger partial charge on any atom is 0.142 e. The minimum Gasteiger partial charge on any atom is -0.327 e. The van der Waals surface area contributed by atoms with Crippen molar-refractivity contribution in [2.75, 3.05) is 0 Å². The van der Waals surface area contributed by atoms with Gasteiger partial charge in [-0.05, 0) is 23.8 Å². The van der Waals surface area contributed by atoms with Crippen molar-refractivity contribution in [2.45, 2.75) is 6.54 Å². The molecule has 0 amide bonds. The number of benzene rings is 1. The van der Waals surface area contributed by atoms with Gasteiger partial charge in [-0.1, -0.05) is 6.07 Å². The van der Waals surface area contributed by atoms with Crippen molar-refractivity contribution in [1.29, 1.82) is 0 Å². The fourth-order valence-electron chi connectivity index (χ4n) is 2.04. The molecule has 5 heteroatoms. The van der Waals surface area contributed by atoms with Gasteiger partial charge in [0.15, 0.2) is 0 Å². The van der Waals surface area contributed by atoms with Crippen LogP contribution in [-0.2, 0) is 13.6 Å². The Bertz CT molecular complexity index is 687. The third-order valence-corrected chi connectivity index (χ3v) is 3.02. The molecule has 3 rings (SSSR count). The molecule has 0 bridgehead atoms. The van der Waals surface area contributed by atoms with Crippen molar-refractivity contribution in [3.8, 4) is 11.4 Å². The van der Waals surface area contributed by atoms with E-state index in [-0.39, 0.29) is 0 Å². The Kier molecular flexibility index (Phi) is 2.53. The minimum atomic E-state index is 0.535. The van der Waals surface area contributed by atoms with Crippen LogP contribution in [0.15, 0.2) is 36.7 Å². The van der Waals surface area contributed by atoms with Gasteiger partial charge in [0.25, 0.3) is 0 Å². The summed E-state index contributed by atoms with van der Waals surface area (Å²) in [6.45, 7) is 0.535. The van der Waals surface area contributed by atoms with Crippen LogP contribution in [0.3, 0.4) is 0 Å². The van der Waals surface area contributed by atoms with Gasteiger partial charge in [-0.15, -0.1) is 0 Å². The van der Waals surface area contributed by atoms with E-state index in [2.05, 4.69) is 21.2 Å². The predicted octanol–water partition coefficient (Wildman–Crippen LogP) is 1.49. The van der Waals surface area contributed by atoms with Crippen LogP contribution in [0.5, 0.6) is 0 Å². The van der Waals surface area contributed by atoms with Gasteiger partial charge in [0.1, 0.15) is 5.82 Å². The first kappa shape index (κ1) is 10.9.